The van der Waals surface area contributed by atoms with E-state index in [1.165, 1.54) is 0 Å². The van der Waals surface area contributed by atoms with Crippen LogP contribution in [-0.2, 0) is 12.8 Å². The zero-order valence-electron chi connectivity index (χ0n) is 10.9. The molecule has 0 aromatic carbocycles. The molecule has 2 aromatic heterocycles. The van der Waals surface area contributed by atoms with E-state index in [4.69, 9.17) is 0 Å². The lowest BCUT2D eigenvalue weighted by Gasteiger charge is -2.16. The number of nitrogens with one attached hydrogen (secondary N) is 2. The Morgan fingerprint density at radius 3 is 3.16 bits per heavy atom. The predicted molar refractivity (Wildman–Crippen MR) is 74.3 cm³/mol. The summed E-state index contributed by atoms with van der Waals surface area (Å²) in [6, 6.07) is 3.91. The van der Waals surface area contributed by atoms with Gasteiger partial charge in [0.05, 0.1) is 5.56 Å². The Morgan fingerprint density at radius 1 is 1.42 bits per heavy atom. The summed E-state index contributed by atoms with van der Waals surface area (Å²) in [4.78, 5) is 23.8. The fraction of sp³-hybridized carbons (Fsp3) is 0.357. The summed E-state index contributed by atoms with van der Waals surface area (Å²) in [7, 11) is 0. The van der Waals surface area contributed by atoms with Crippen molar-refractivity contribution in [3.8, 4) is 11.5 Å². The molecule has 19 heavy (non-hydrogen) atoms. The first-order valence-corrected chi connectivity index (χ1v) is 6.61. The van der Waals surface area contributed by atoms with Crippen LogP contribution in [-0.4, -0.2) is 21.5 Å². The van der Waals surface area contributed by atoms with Crippen LogP contribution in [0.2, 0.25) is 0 Å². The summed E-state index contributed by atoms with van der Waals surface area (Å²) >= 11 is 0. The van der Waals surface area contributed by atoms with Crippen LogP contribution in [0.1, 0.15) is 24.5 Å². The van der Waals surface area contributed by atoms with E-state index >= 15 is 0 Å². The minimum atomic E-state index is -0.0556. The third-order valence-electron chi connectivity index (χ3n) is 3.41. The van der Waals surface area contributed by atoms with Crippen molar-refractivity contribution in [3.63, 3.8) is 0 Å². The van der Waals surface area contributed by atoms with Gasteiger partial charge in [0.15, 0.2) is 5.82 Å². The summed E-state index contributed by atoms with van der Waals surface area (Å²) in [6.07, 6.45) is 4.34. The third kappa shape index (κ3) is 2.12. The molecule has 0 saturated heterocycles. The van der Waals surface area contributed by atoms with Crippen molar-refractivity contribution in [2.24, 2.45) is 0 Å². The summed E-state index contributed by atoms with van der Waals surface area (Å²) in [5, 5.41) is 3.19. The normalized spacial score (nSPS) is 13.7. The molecule has 3 rings (SSSR count). The Hall–Kier alpha value is -2.17. The molecule has 0 amide bonds. The highest BCUT2D eigenvalue weighted by atomic mass is 16.1. The van der Waals surface area contributed by atoms with Gasteiger partial charge in [0.25, 0.3) is 5.56 Å². The number of hydrogen-bond acceptors (Lipinski definition) is 4. The Bertz CT molecular complexity index is 663. The molecule has 0 fully saturated rings. The monoisotopic (exact) mass is 256 g/mol. The number of aromatic amines is 1. The molecule has 0 radical (unpaired) electrons. The fourth-order valence-electron chi connectivity index (χ4n) is 2.40. The van der Waals surface area contributed by atoms with Crippen molar-refractivity contribution in [3.05, 3.63) is 39.8 Å². The Balaban J connectivity index is 2.16. The molecule has 98 valence electrons. The molecule has 0 saturated carbocycles. The lowest BCUT2D eigenvalue weighted by atomic mass is 10.1. The fourth-order valence-corrected chi connectivity index (χ4v) is 2.40. The van der Waals surface area contributed by atoms with E-state index in [1.807, 2.05) is 12.1 Å². The van der Waals surface area contributed by atoms with Crippen LogP contribution in [0.3, 0.4) is 0 Å². The number of aromatic nitrogens is 3. The highest BCUT2D eigenvalue weighted by molar-refractivity contribution is 5.58. The topological polar surface area (TPSA) is 70.7 Å². The largest absolute Gasteiger partial charge is 0.370 e. The van der Waals surface area contributed by atoms with Crippen molar-refractivity contribution in [2.45, 2.75) is 26.2 Å². The van der Waals surface area contributed by atoms with Crippen molar-refractivity contribution < 1.29 is 0 Å². The van der Waals surface area contributed by atoms with E-state index in [0.29, 0.717) is 11.6 Å². The zero-order chi connectivity index (χ0) is 13.2. The molecule has 0 aliphatic carbocycles. The maximum Gasteiger partial charge on any atom is 0.256 e. The van der Waals surface area contributed by atoms with Crippen molar-refractivity contribution in [1.29, 1.82) is 0 Å². The van der Waals surface area contributed by atoms with Gasteiger partial charge in [-0.15, -0.1) is 0 Å². The maximum atomic E-state index is 12.1. The number of nitrogens with zero attached hydrogens (tertiary/aromatic N) is 2. The van der Waals surface area contributed by atoms with Gasteiger partial charge in [-0.1, -0.05) is 13.0 Å². The predicted octanol–water partition coefficient (Wildman–Crippen LogP) is 1.75. The van der Waals surface area contributed by atoms with Crippen LogP contribution in [0.25, 0.3) is 11.5 Å². The second-order valence-corrected chi connectivity index (χ2v) is 4.64. The quantitative estimate of drug-likeness (QED) is 0.858. The molecule has 0 atom stereocenters. The lowest BCUT2D eigenvalue weighted by Crippen LogP contribution is -2.24. The average molecular weight is 256 g/mol. The van der Waals surface area contributed by atoms with Gasteiger partial charge < -0.3 is 10.3 Å². The maximum absolute atomic E-state index is 12.1. The van der Waals surface area contributed by atoms with Gasteiger partial charge in [-0.25, -0.2) is 4.98 Å². The van der Waals surface area contributed by atoms with Crippen molar-refractivity contribution in [1.82, 2.24) is 15.0 Å². The molecule has 3 heterocycles. The van der Waals surface area contributed by atoms with E-state index in [9.17, 15) is 4.79 Å². The average Bonchev–Trinajstić information content (AvgIpc) is 2.47. The number of anilines is 1. The molecule has 0 spiro atoms. The molecule has 1 aliphatic heterocycles. The Morgan fingerprint density at radius 2 is 2.32 bits per heavy atom. The van der Waals surface area contributed by atoms with E-state index in [0.717, 1.165) is 42.6 Å². The number of rotatable bonds is 2. The molecular weight excluding hydrogens is 240 g/mol. The number of H-pyrrole nitrogens is 1. The van der Waals surface area contributed by atoms with Gasteiger partial charge in [-0.3, -0.25) is 9.78 Å². The summed E-state index contributed by atoms with van der Waals surface area (Å²) in [6.45, 7) is 2.93. The summed E-state index contributed by atoms with van der Waals surface area (Å²) < 4.78 is 0. The summed E-state index contributed by atoms with van der Waals surface area (Å²) in [5.74, 6) is 1.26. The Kier molecular flexibility index (Phi) is 3.03. The van der Waals surface area contributed by atoms with Gasteiger partial charge >= 0.3 is 0 Å². The standard InChI is InChI=1S/C14H16N4O/c1-2-9-5-3-7-15-11(9)13-17-12-10(14(19)18-13)6-4-8-16-12/h3,5,7H,2,4,6,8H2,1H3,(H2,16,17,18,19). The van der Waals surface area contributed by atoms with Gasteiger partial charge in [0.2, 0.25) is 0 Å². The second kappa shape index (κ2) is 4.84. The second-order valence-electron chi connectivity index (χ2n) is 4.64. The third-order valence-corrected chi connectivity index (χ3v) is 3.41. The van der Waals surface area contributed by atoms with Crippen LogP contribution in [0.15, 0.2) is 23.1 Å². The van der Waals surface area contributed by atoms with E-state index in [2.05, 4.69) is 27.2 Å². The van der Waals surface area contributed by atoms with Crippen LogP contribution in [0.5, 0.6) is 0 Å². The summed E-state index contributed by atoms with van der Waals surface area (Å²) in [5.41, 5.74) is 2.54. The molecule has 5 heteroatoms. The minimum absolute atomic E-state index is 0.0556. The van der Waals surface area contributed by atoms with Crippen molar-refractivity contribution in [2.75, 3.05) is 11.9 Å². The lowest BCUT2D eigenvalue weighted by molar-refractivity contribution is 0.799. The van der Waals surface area contributed by atoms with Crippen LogP contribution < -0.4 is 10.9 Å². The van der Waals surface area contributed by atoms with Crippen LogP contribution in [0, 0.1) is 0 Å². The number of hydrogen-bond donors (Lipinski definition) is 2. The first kappa shape index (κ1) is 11.9. The molecule has 0 bridgehead atoms. The molecule has 2 aromatic rings. The number of pyridine rings is 1. The Labute approximate surface area is 111 Å². The smallest absolute Gasteiger partial charge is 0.256 e. The molecular formula is C14H16N4O. The van der Waals surface area contributed by atoms with Gasteiger partial charge in [0, 0.05) is 12.7 Å². The highest BCUT2D eigenvalue weighted by Crippen LogP contribution is 2.21. The number of aryl methyl sites for hydroxylation is 1. The highest BCUT2D eigenvalue weighted by Gasteiger charge is 2.17. The van der Waals surface area contributed by atoms with E-state index < -0.39 is 0 Å². The van der Waals surface area contributed by atoms with Gasteiger partial charge in [0.1, 0.15) is 11.5 Å². The molecule has 1 aliphatic rings. The molecule has 2 N–H and O–H groups in total. The van der Waals surface area contributed by atoms with Crippen molar-refractivity contribution >= 4 is 5.82 Å². The first-order valence-electron chi connectivity index (χ1n) is 6.61. The first-order chi connectivity index (χ1) is 9.29. The minimum Gasteiger partial charge on any atom is -0.370 e. The van der Waals surface area contributed by atoms with Gasteiger partial charge in [-0.05, 0) is 30.9 Å². The van der Waals surface area contributed by atoms with Crippen LogP contribution >= 0.6 is 0 Å². The SMILES string of the molecule is CCc1cccnc1-c1nc2c(c(=O)[nH]1)CCCN2. The number of fused-ring (bicyclic) bond motifs is 1. The molecule has 5 nitrogen and oxygen atoms in total. The van der Waals surface area contributed by atoms with Crippen LogP contribution in [0.4, 0.5) is 5.82 Å². The van der Waals surface area contributed by atoms with E-state index in [-0.39, 0.29) is 5.56 Å². The van der Waals surface area contributed by atoms with E-state index in [1.54, 1.807) is 6.20 Å². The van der Waals surface area contributed by atoms with Gasteiger partial charge in [-0.2, -0.15) is 0 Å². The molecule has 0 unspecified atom stereocenters. The zero-order valence-corrected chi connectivity index (χ0v) is 10.9.